The van der Waals surface area contributed by atoms with E-state index in [0.29, 0.717) is 5.92 Å². The first-order valence-electron chi connectivity index (χ1n) is 9.01. The minimum Gasteiger partial charge on any atom is -0.365 e. The topological polar surface area (TPSA) is 49.8 Å². The van der Waals surface area contributed by atoms with E-state index in [-0.39, 0.29) is 0 Å². The summed E-state index contributed by atoms with van der Waals surface area (Å²) in [6.07, 6.45) is 2.65. The average molecular weight is 353 g/mol. The molecule has 0 bridgehead atoms. The summed E-state index contributed by atoms with van der Waals surface area (Å²) in [6.45, 7) is 6.19. The lowest BCUT2D eigenvalue weighted by molar-refractivity contribution is 0.865. The van der Waals surface area contributed by atoms with Gasteiger partial charge in [0.2, 0.25) is 5.95 Å². The molecule has 130 valence electrons. The maximum Gasteiger partial charge on any atom is 0.225 e. The molecule has 4 rings (SSSR count). The average Bonchev–Trinajstić information content (AvgIpc) is 3.33. The molecule has 1 saturated carbocycles. The van der Waals surface area contributed by atoms with Crippen molar-refractivity contribution >= 4 is 33.3 Å². The van der Waals surface area contributed by atoms with Crippen LogP contribution in [0.15, 0.2) is 35.7 Å². The zero-order valence-electron chi connectivity index (χ0n) is 14.7. The lowest BCUT2D eigenvalue weighted by Gasteiger charge is -2.11. The zero-order valence-corrected chi connectivity index (χ0v) is 15.6. The number of nitrogens with one attached hydrogen (secondary N) is 2. The Bertz CT molecular complexity index is 850. The van der Waals surface area contributed by atoms with E-state index in [2.05, 4.69) is 65.2 Å². The second-order valence-corrected chi connectivity index (χ2v) is 8.02. The van der Waals surface area contributed by atoms with Gasteiger partial charge in [-0.1, -0.05) is 38.1 Å². The van der Waals surface area contributed by atoms with Gasteiger partial charge in [-0.15, -0.1) is 11.3 Å². The lowest BCUT2D eigenvalue weighted by atomic mass is 10.0. The van der Waals surface area contributed by atoms with E-state index < -0.39 is 0 Å². The van der Waals surface area contributed by atoms with Crippen molar-refractivity contribution in [1.29, 1.82) is 0 Å². The highest BCUT2D eigenvalue weighted by molar-refractivity contribution is 7.17. The molecule has 25 heavy (non-hydrogen) atoms. The molecule has 2 aromatic heterocycles. The molecule has 0 amide bonds. The van der Waals surface area contributed by atoms with Crippen molar-refractivity contribution < 1.29 is 0 Å². The first-order valence-corrected chi connectivity index (χ1v) is 9.89. The van der Waals surface area contributed by atoms with Gasteiger partial charge in [0.25, 0.3) is 0 Å². The number of rotatable bonds is 7. The molecule has 1 aliphatic carbocycles. The van der Waals surface area contributed by atoms with Gasteiger partial charge in [-0.05, 0) is 47.3 Å². The lowest BCUT2D eigenvalue weighted by Crippen LogP contribution is -2.09. The third-order valence-electron chi connectivity index (χ3n) is 4.66. The van der Waals surface area contributed by atoms with Crippen molar-refractivity contribution in [1.82, 2.24) is 9.97 Å². The summed E-state index contributed by atoms with van der Waals surface area (Å²) in [5.41, 5.74) is 3.65. The van der Waals surface area contributed by atoms with E-state index in [0.717, 1.165) is 41.0 Å². The van der Waals surface area contributed by atoms with Crippen molar-refractivity contribution in [2.75, 3.05) is 17.2 Å². The number of anilines is 2. The number of aromatic nitrogens is 2. The molecule has 0 radical (unpaired) electrons. The molecule has 2 N–H and O–H groups in total. The Labute approximate surface area is 152 Å². The molecule has 1 aliphatic rings. The monoisotopic (exact) mass is 352 g/mol. The van der Waals surface area contributed by atoms with Crippen LogP contribution in [0.3, 0.4) is 0 Å². The van der Waals surface area contributed by atoms with Gasteiger partial charge < -0.3 is 10.6 Å². The molecule has 0 atom stereocenters. The number of thiophene rings is 1. The fourth-order valence-corrected chi connectivity index (χ4v) is 3.62. The minimum atomic E-state index is 0.565. The Morgan fingerprint density at radius 3 is 2.60 bits per heavy atom. The highest BCUT2D eigenvalue weighted by atomic mass is 32.1. The summed E-state index contributed by atoms with van der Waals surface area (Å²) < 4.78 is 1.12. The molecule has 2 heterocycles. The molecular formula is C20H24N4S. The Morgan fingerprint density at radius 2 is 1.88 bits per heavy atom. The standard InChI is InChI=1S/C20H24N4S/c1-13(2)16-7-5-15(6-8-16)11-21-19-18-17(9-10-25-18)23-20(24-19)22-12-14-3-4-14/h5-10,13-14H,3-4,11-12H2,1-2H3,(H2,21,22,23,24). The molecule has 0 aliphatic heterocycles. The van der Waals surface area contributed by atoms with Crippen LogP contribution in [0.2, 0.25) is 0 Å². The van der Waals surface area contributed by atoms with Crippen molar-refractivity contribution in [3.05, 3.63) is 46.8 Å². The van der Waals surface area contributed by atoms with Crippen LogP contribution in [0.4, 0.5) is 11.8 Å². The van der Waals surface area contributed by atoms with Gasteiger partial charge in [-0.2, -0.15) is 4.98 Å². The minimum absolute atomic E-state index is 0.565. The third kappa shape index (κ3) is 3.93. The molecule has 3 aromatic rings. The summed E-state index contributed by atoms with van der Waals surface area (Å²) >= 11 is 1.69. The molecule has 5 heteroatoms. The van der Waals surface area contributed by atoms with Crippen LogP contribution in [-0.2, 0) is 6.54 Å². The van der Waals surface area contributed by atoms with Gasteiger partial charge >= 0.3 is 0 Å². The van der Waals surface area contributed by atoms with E-state index in [1.165, 1.54) is 24.0 Å². The smallest absolute Gasteiger partial charge is 0.225 e. The van der Waals surface area contributed by atoms with Gasteiger partial charge in [0, 0.05) is 13.1 Å². The van der Waals surface area contributed by atoms with E-state index in [1.54, 1.807) is 11.3 Å². The fourth-order valence-electron chi connectivity index (χ4n) is 2.83. The number of fused-ring (bicyclic) bond motifs is 1. The van der Waals surface area contributed by atoms with Crippen LogP contribution < -0.4 is 10.6 Å². The molecule has 0 spiro atoms. The van der Waals surface area contributed by atoms with E-state index in [1.807, 2.05) is 0 Å². The van der Waals surface area contributed by atoms with Crippen LogP contribution in [0, 0.1) is 5.92 Å². The first-order chi connectivity index (χ1) is 12.2. The van der Waals surface area contributed by atoms with Crippen LogP contribution in [0.1, 0.15) is 43.7 Å². The third-order valence-corrected chi connectivity index (χ3v) is 5.57. The summed E-state index contributed by atoms with van der Waals surface area (Å²) in [6, 6.07) is 10.9. The molecule has 1 fully saturated rings. The maximum absolute atomic E-state index is 4.71. The van der Waals surface area contributed by atoms with Crippen molar-refractivity contribution in [2.45, 2.75) is 39.2 Å². The zero-order chi connectivity index (χ0) is 17.2. The van der Waals surface area contributed by atoms with Crippen LogP contribution >= 0.6 is 11.3 Å². The van der Waals surface area contributed by atoms with Crippen molar-refractivity contribution in [3.63, 3.8) is 0 Å². The Kier molecular flexibility index (Phi) is 4.57. The van der Waals surface area contributed by atoms with Crippen LogP contribution in [0.5, 0.6) is 0 Å². The second-order valence-electron chi connectivity index (χ2n) is 7.10. The first kappa shape index (κ1) is 16.3. The summed E-state index contributed by atoms with van der Waals surface area (Å²) in [4.78, 5) is 9.34. The van der Waals surface area contributed by atoms with Crippen molar-refractivity contribution in [3.8, 4) is 0 Å². The number of nitrogens with zero attached hydrogens (tertiary/aromatic N) is 2. The van der Waals surface area contributed by atoms with Gasteiger partial charge in [0.1, 0.15) is 5.82 Å². The molecule has 0 unspecified atom stereocenters. The van der Waals surface area contributed by atoms with Gasteiger partial charge in [0.15, 0.2) is 0 Å². The number of benzene rings is 1. The van der Waals surface area contributed by atoms with E-state index in [9.17, 15) is 0 Å². The Hall–Kier alpha value is -2.14. The normalized spacial score (nSPS) is 14.2. The largest absolute Gasteiger partial charge is 0.365 e. The SMILES string of the molecule is CC(C)c1ccc(CNc2nc(NCC3CC3)nc3ccsc23)cc1. The highest BCUT2D eigenvalue weighted by Gasteiger charge is 2.21. The molecule has 0 saturated heterocycles. The second kappa shape index (κ2) is 7.00. The summed E-state index contributed by atoms with van der Waals surface area (Å²) in [5, 5.41) is 8.97. The van der Waals surface area contributed by atoms with Gasteiger partial charge in [0.05, 0.1) is 10.2 Å². The summed E-state index contributed by atoms with van der Waals surface area (Å²) in [5.74, 6) is 3.02. The molecular weight excluding hydrogens is 328 g/mol. The van der Waals surface area contributed by atoms with Crippen molar-refractivity contribution in [2.24, 2.45) is 5.92 Å². The Balaban J connectivity index is 1.50. The molecule has 1 aromatic carbocycles. The summed E-state index contributed by atoms with van der Waals surface area (Å²) in [7, 11) is 0. The van der Waals surface area contributed by atoms with E-state index in [4.69, 9.17) is 4.98 Å². The van der Waals surface area contributed by atoms with E-state index >= 15 is 0 Å². The fraction of sp³-hybridized carbons (Fsp3) is 0.400. The Morgan fingerprint density at radius 1 is 1.08 bits per heavy atom. The van der Waals surface area contributed by atoms with Gasteiger partial charge in [-0.25, -0.2) is 4.98 Å². The van der Waals surface area contributed by atoms with Crippen LogP contribution in [0.25, 0.3) is 10.2 Å². The van der Waals surface area contributed by atoms with Crippen LogP contribution in [-0.4, -0.2) is 16.5 Å². The quantitative estimate of drug-likeness (QED) is 0.610. The number of hydrogen-bond donors (Lipinski definition) is 2. The number of hydrogen-bond acceptors (Lipinski definition) is 5. The predicted octanol–water partition coefficient (Wildman–Crippen LogP) is 5.25. The predicted molar refractivity (Wildman–Crippen MR) is 106 cm³/mol. The highest BCUT2D eigenvalue weighted by Crippen LogP contribution is 2.30. The molecule has 4 nitrogen and oxygen atoms in total. The van der Waals surface area contributed by atoms with Gasteiger partial charge in [-0.3, -0.25) is 0 Å². The maximum atomic E-state index is 4.71.